The minimum Gasteiger partial charge on any atom is -0.457 e. The number of halogens is 3. The Morgan fingerprint density at radius 1 is 1.16 bits per heavy atom. The van der Waals surface area contributed by atoms with E-state index in [0.717, 1.165) is 4.47 Å². The maximum absolute atomic E-state index is 13.1. The highest BCUT2D eigenvalue weighted by atomic mass is 79.9. The molecular formula is C14H9Br2FO2. The van der Waals surface area contributed by atoms with Gasteiger partial charge in [-0.1, -0.05) is 15.9 Å². The average molecular weight is 388 g/mol. The van der Waals surface area contributed by atoms with E-state index in [4.69, 9.17) is 4.74 Å². The maximum atomic E-state index is 13.1. The van der Waals surface area contributed by atoms with Gasteiger partial charge in [0.2, 0.25) is 0 Å². The third-order valence-corrected chi connectivity index (χ3v) is 3.54. The van der Waals surface area contributed by atoms with Crippen molar-refractivity contribution in [1.29, 1.82) is 0 Å². The van der Waals surface area contributed by atoms with Gasteiger partial charge in [0, 0.05) is 4.47 Å². The summed E-state index contributed by atoms with van der Waals surface area (Å²) >= 11 is 6.41. The maximum Gasteiger partial charge on any atom is 0.163 e. The first-order valence-corrected chi connectivity index (χ1v) is 6.99. The molecule has 0 aromatic heterocycles. The molecule has 2 rings (SSSR count). The molecule has 0 saturated carbocycles. The Balaban J connectivity index is 2.39. The molecule has 0 aliphatic rings. The molecule has 0 bridgehead atoms. The fraction of sp³-hybridized carbons (Fsp3) is 0.0714. The van der Waals surface area contributed by atoms with Crippen LogP contribution in [0.15, 0.2) is 45.3 Å². The van der Waals surface area contributed by atoms with Gasteiger partial charge < -0.3 is 4.74 Å². The van der Waals surface area contributed by atoms with Gasteiger partial charge in [0.05, 0.1) is 10.0 Å². The normalized spacial score (nSPS) is 10.3. The molecular weight excluding hydrogens is 379 g/mol. The average Bonchev–Trinajstić information content (AvgIpc) is 2.33. The van der Waals surface area contributed by atoms with Gasteiger partial charge in [-0.05, 0) is 59.3 Å². The Morgan fingerprint density at radius 2 is 1.89 bits per heavy atom. The van der Waals surface area contributed by atoms with Gasteiger partial charge in [0.1, 0.15) is 17.3 Å². The van der Waals surface area contributed by atoms with Crippen molar-refractivity contribution in [1.82, 2.24) is 0 Å². The lowest BCUT2D eigenvalue weighted by Gasteiger charge is -2.10. The number of benzene rings is 2. The first-order valence-electron chi connectivity index (χ1n) is 5.41. The smallest absolute Gasteiger partial charge is 0.163 e. The SMILES string of the molecule is CC(=O)c1ccc(Br)cc1Oc1ccc(F)c(Br)c1. The van der Waals surface area contributed by atoms with Crippen molar-refractivity contribution in [3.05, 3.63) is 56.7 Å². The lowest BCUT2D eigenvalue weighted by molar-refractivity contribution is 0.101. The zero-order chi connectivity index (χ0) is 14.0. The van der Waals surface area contributed by atoms with Crippen molar-refractivity contribution in [2.75, 3.05) is 0 Å². The molecule has 5 heteroatoms. The van der Waals surface area contributed by atoms with Crippen molar-refractivity contribution in [3.63, 3.8) is 0 Å². The van der Waals surface area contributed by atoms with E-state index in [1.807, 2.05) is 0 Å². The first kappa shape index (κ1) is 14.2. The summed E-state index contributed by atoms with van der Waals surface area (Å²) in [6.45, 7) is 1.47. The summed E-state index contributed by atoms with van der Waals surface area (Å²) in [5, 5.41) is 0. The highest BCUT2D eigenvalue weighted by molar-refractivity contribution is 9.10. The molecule has 0 unspecified atom stereocenters. The summed E-state index contributed by atoms with van der Waals surface area (Å²) in [4.78, 5) is 11.5. The predicted octanol–water partition coefficient (Wildman–Crippen LogP) is 5.35. The Hall–Kier alpha value is -1.20. The third-order valence-electron chi connectivity index (χ3n) is 2.44. The summed E-state index contributed by atoms with van der Waals surface area (Å²) in [5.41, 5.74) is 0.476. The predicted molar refractivity (Wildman–Crippen MR) is 78.3 cm³/mol. The topological polar surface area (TPSA) is 26.3 Å². The number of hydrogen-bond donors (Lipinski definition) is 0. The second kappa shape index (κ2) is 5.84. The van der Waals surface area contributed by atoms with Crippen LogP contribution in [0.1, 0.15) is 17.3 Å². The van der Waals surface area contributed by atoms with E-state index < -0.39 is 0 Å². The molecule has 0 heterocycles. The number of ether oxygens (including phenoxy) is 1. The van der Waals surface area contributed by atoms with Crippen molar-refractivity contribution in [3.8, 4) is 11.5 Å². The Labute approximate surface area is 126 Å². The number of carbonyl (C=O) groups excluding carboxylic acids is 1. The van der Waals surface area contributed by atoms with Crippen LogP contribution in [-0.4, -0.2) is 5.78 Å². The molecule has 0 saturated heterocycles. The van der Waals surface area contributed by atoms with Gasteiger partial charge in [-0.3, -0.25) is 4.79 Å². The minimum absolute atomic E-state index is 0.0938. The van der Waals surface area contributed by atoms with E-state index in [1.54, 1.807) is 18.2 Å². The largest absolute Gasteiger partial charge is 0.457 e. The Kier molecular flexibility index (Phi) is 4.37. The van der Waals surface area contributed by atoms with E-state index >= 15 is 0 Å². The van der Waals surface area contributed by atoms with Crippen molar-refractivity contribution >= 4 is 37.6 Å². The fourth-order valence-corrected chi connectivity index (χ4v) is 2.24. The molecule has 0 amide bonds. The van der Waals surface area contributed by atoms with Crippen LogP contribution in [0, 0.1) is 5.82 Å². The lowest BCUT2D eigenvalue weighted by Crippen LogP contribution is -1.97. The second-order valence-corrected chi connectivity index (χ2v) is 5.64. The number of ketones is 1. The van der Waals surface area contributed by atoms with Gasteiger partial charge in [0.25, 0.3) is 0 Å². The molecule has 0 atom stereocenters. The highest BCUT2D eigenvalue weighted by Gasteiger charge is 2.11. The molecule has 98 valence electrons. The van der Waals surface area contributed by atoms with E-state index in [9.17, 15) is 9.18 Å². The molecule has 2 aromatic carbocycles. The van der Waals surface area contributed by atoms with Crippen LogP contribution in [-0.2, 0) is 0 Å². The van der Waals surface area contributed by atoms with Gasteiger partial charge in [-0.25, -0.2) is 4.39 Å². The van der Waals surface area contributed by atoms with Crippen LogP contribution < -0.4 is 4.74 Å². The van der Waals surface area contributed by atoms with Crippen molar-refractivity contribution in [2.24, 2.45) is 0 Å². The molecule has 0 radical (unpaired) electrons. The summed E-state index contributed by atoms with van der Waals surface area (Å²) in [7, 11) is 0. The van der Waals surface area contributed by atoms with Crippen LogP contribution in [0.5, 0.6) is 11.5 Å². The van der Waals surface area contributed by atoms with E-state index in [0.29, 0.717) is 21.5 Å². The quantitative estimate of drug-likeness (QED) is 0.664. The van der Waals surface area contributed by atoms with Crippen LogP contribution in [0.25, 0.3) is 0 Å². The molecule has 0 aliphatic carbocycles. The number of hydrogen-bond acceptors (Lipinski definition) is 2. The Morgan fingerprint density at radius 3 is 2.53 bits per heavy atom. The van der Waals surface area contributed by atoms with Gasteiger partial charge in [-0.2, -0.15) is 0 Å². The number of rotatable bonds is 3. The molecule has 0 spiro atoms. The van der Waals surface area contributed by atoms with Gasteiger partial charge in [0.15, 0.2) is 5.78 Å². The number of carbonyl (C=O) groups is 1. The lowest BCUT2D eigenvalue weighted by atomic mass is 10.1. The molecule has 2 aromatic rings. The summed E-state index contributed by atoms with van der Waals surface area (Å²) in [5.74, 6) is 0.423. The van der Waals surface area contributed by atoms with Crippen LogP contribution in [0.4, 0.5) is 4.39 Å². The van der Waals surface area contributed by atoms with Crippen molar-refractivity contribution in [2.45, 2.75) is 6.92 Å². The van der Waals surface area contributed by atoms with Crippen molar-refractivity contribution < 1.29 is 13.9 Å². The summed E-state index contributed by atoms with van der Waals surface area (Å²) < 4.78 is 19.9. The van der Waals surface area contributed by atoms with E-state index in [-0.39, 0.29) is 11.6 Å². The molecule has 0 aliphatic heterocycles. The molecule has 2 nitrogen and oxygen atoms in total. The fourth-order valence-electron chi connectivity index (χ4n) is 1.54. The summed E-state index contributed by atoms with van der Waals surface area (Å²) in [6, 6.07) is 9.47. The van der Waals surface area contributed by atoms with Gasteiger partial charge >= 0.3 is 0 Å². The molecule has 0 fully saturated rings. The standard InChI is InChI=1S/C14H9Br2FO2/c1-8(18)11-4-2-9(15)6-14(11)19-10-3-5-13(17)12(16)7-10/h2-7H,1H3. The van der Waals surface area contributed by atoms with Gasteiger partial charge in [-0.15, -0.1) is 0 Å². The Bertz CT molecular complexity index is 641. The first-order chi connectivity index (χ1) is 8.97. The monoisotopic (exact) mass is 386 g/mol. The second-order valence-electron chi connectivity index (χ2n) is 3.87. The molecule has 19 heavy (non-hydrogen) atoms. The van der Waals surface area contributed by atoms with Crippen LogP contribution in [0.3, 0.4) is 0 Å². The third kappa shape index (κ3) is 3.42. The molecule has 0 N–H and O–H groups in total. The summed E-state index contributed by atoms with van der Waals surface area (Å²) in [6.07, 6.45) is 0. The van der Waals surface area contributed by atoms with Crippen LogP contribution in [0.2, 0.25) is 0 Å². The van der Waals surface area contributed by atoms with Crippen LogP contribution >= 0.6 is 31.9 Å². The zero-order valence-electron chi connectivity index (χ0n) is 9.91. The minimum atomic E-state index is -0.367. The highest BCUT2D eigenvalue weighted by Crippen LogP contribution is 2.31. The van der Waals surface area contributed by atoms with E-state index in [1.165, 1.54) is 25.1 Å². The zero-order valence-corrected chi connectivity index (χ0v) is 13.1. The van der Waals surface area contributed by atoms with E-state index in [2.05, 4.69) is 31.9 Å². The number of Topliss-reactive ketones (excluding diaryl/α,β-unsaturated/α-hetero) is 1.